The lowest BCUT2D eigenvalue weighted by Gasteiger charge is -2.25. The van der Waals surface area contributed by atoms with Gasteiger partial charge in [0.1, 0.15) is 0 Å². The van der Waals surface area contributed by atoms with Crippen molar-refractivity contribution in [2.75, 3.05) is 6.54 Å². The van der Waals surface area contributed by atoms with E-state index in [9.17, 15) is 5.11 Å². The summed E-state index contributed by atoms with van der Waals surface area (Å²) in [6, 6.07) is 0.637. The van der Waals surface area contributed by atoms with E-state index in [0.29, 0.717) is 6.04 Å². The zero-order valence-electron chi connectivity index (χ0n) is 9.14. The Morgan fingerprint density at radius 1 is 1.46 bits per heavy atom. The summed E-state index contributed by atoms with van der Waals surface area (Å²) in [5, 5.41) is 13.3. The average Bonchev–Trinajstić information content (AvgIpc) is 2.89. The third kappa shape index (κ3) is 3.65. The summed E-state index contributed by atoms with van der Waals surface area (Å²) in [4.78, 5) is 0. The van der Waals surface area contributed by atoms with E-state index in [1.807, 2.05) is 13.8 Å². The minimum atomic E-state index is -0.525. The van der Waals surface area contributed by atoms with Crippen LogP contribution in [0.5, 0.6) is 0 Å². The van der Waals surface area contributed by atoms with Gasteiger partial charge >= 0.3 is 0 Å². The highest BCUT2D eigenvalue weighted by Gasteiger charge is 2.30. The molecule has 1 aliphatic rings. The minimum absolute atomic E-state index is 0.525. The molecule has 13 heavy (non-hydrogen) atoms. The Morgan fingerprint density at radius 2 is 2.08 bits per heavy atom. The molecule has 2 heteroatoms. The van der Waals surface area contributed by atoms with Crippen LogP contribution in [0, 0.1) is 5.92 Å². The number of rotatable bonds is 6. The summed E-state index contributed by atoms with van der Waals surface area (Å²) in [5.41, 5.74) is -0.525. The van der Waals surface area contributed by atoms with Gasteiger partial charge in [-0.15, -0.1) is 0 Å². The molecule has 0 aromatic carbocycles. The van der Waals surface area contributed by atoms with Gasteiger partial charge in [-0.2, -0.15) is 0 Å². The molecule has 0 saturated heterocycles. The van der Waals surface area contributed by atoms with Crippen LogP contribution in [0.25, 0.3) is 0 Å². The molecule has 2 N–H and O–H groups in total. The van der Waals surface area contributed by atoms with Crippen LogP contribution in [0.4, 0.5) is 0 Å². The van der Waals surface area contributed by atoms with Gasteiger partial charge in [0.2, 0.25) is 0 Å². The Hall–Kier alpha value is -0.0800. The molecule has 0 heterocycles. The zero-order valence-corrected chi connectivity index (χ0v) is 9.14. The van der Waals surface area contributed by atoms with E-state index in [1.54, 1.807) is 0 Å². The fraction of sp³-hybridized carbons (Fsp3) is 1.00. The van der Waals surface area contributed by atoms with Crippen LogP contribution in [-0.2, 0) is 0 Å². The first-order chi connectivity index (χ1) is 6.09. The Labute approximate surface area is 81.7 Å². The van der Waals surface area contributed by atoms with Gasteiger partial charge in [0, 0.05) is 12.6 Å². The van der Waals surface area contributed by atoms with E-state index in [0.717, 1.165) is 18.9 Å². The Bertz CT molecular complexity index is 152. The largest absolute Gasteiger partial charge is 0.389 e. The molecule has 0 radical (unpaired) electrons. The minimum Gasteiger partial charge on any atom is -0.389 e. The molecule has 1 fully saturated rings. The van der Waals surface area contributed by atoms with E-state index in [2.05, 4.69) is 12.2 Å². The molecular formula is C11H23NO. The lowest BCUT2D eigenvalue weighted by molar-refractivity contribution is 0.0518. The molecule has 0 bridgehead atoms. The van der Waals surface area contributed by atoms with Crippen molar-refractivity contribution in [3.63, 3.8) is 0 Å². The predicted molar refractivity (Wildman–Crippen MR) is 55.7 cm³/mol. The summed E-state index contributed by atoms with van der Waals surface area (Å²) in [6.45, 7) is 6.88. The Morgan fingerprint density at radius 3 is 2.46 bits per heavy atom. The lowest BCUT2D eigenvalue weighted by atomic mass is 10.0. The number of hydrogen-bond acceptors (Lipinski definition) is 2. The Balaban J connectivity index is 2.22. The van der Waals surface area contributed by atoms with Gasteiger partial charge in [0.05, 0.1) is 5.60 Å². The normalized spacial score (nSPS) is 24.0. The topological polar surface area (TPSA) is 32.3 Å². The molecule has 1 aliphatic carbocycles. The second-order valence-electron chi connectivity index (χ2n) is 4.58. The van der Waals surface area contributed by atoms with Crippen LogP contribution in [-0.4, -0.2) is 23.3 Å². The van der Waals surface area contributed by atoms with E-state index in [4.69, 9.17) is 0 Å². The van der Waals surface area contributed by atoms with Crippen LogP contribution in [0.1, 0.15) is 46.5 Å². The monoisotopic (exact) mass is 185 g/mol. The number of hydrogen-bond donors (Lipinski definition) is 2. The van der Waals surface area contributed by atoms with Gasteiger partial charge in [-0.25, -0.2) is 0 Å². The molecule has 1 saturated carbocycles. The first-order valence-electron chi connectivity index (χ1n) is 5.55. The maximum atomic E-state index is 9.81. The van der Waals surface area contributed by atoms with Gasteiger partial charge in [-0.05, 0) is 38.5 Å². The maximum absolute atomic E-state index is 9.81. The molecule has 2 nitrogen and oxygen atoms in total. The SMILES string of the molecule is CCC(NCC(C)(O)CC)C1CC1. The molecule has 78 valence electrons. The van der Waals surface area contributed by atoms with Gasteiger partial charge in [0.25, 0.3) is 0 Å². The van der Waals surface area contributed by atoms with Crippen LogP contribution in [0.2, 0.25) is 0 Å². The zero-order chi connectivity index (χ0) is 9.90. The highest BCUT2D eigenvalue weighted by atomic mass is 16.3. The second kappa shape index (κ2) is 4.43. The van der Waals surface area contributed by atoms with Crippen LogP contribution >= 0.6 is 0 Å². The average molecular weight is 185 g/mol. The predicted octanol–water partition coefficient (Wildman–Crippen LogP) is 1.93. The van der Waals surface area contributed by atoms with Crippen molar-refractivity contribution in [2.24, 2.45) is 5.92 Å². The summed E-state index contributed by atoms with van der Waals surface area (Å²) in [7, 11) is 0. The molecule has 0 aliphatic heterocycles. The van der Waals surface area contributed by atoms with Crippen LogP contribution in [0.3, 0.4) is 0 Å². The second-order valence-corrected chi connectivity index (χ2v) is 4.58. The van der Waals surface area contributed by atoms with E-state index in [-0.39, 0.29) is 0 Å². The fourth-order valence-corrected chi connectivity index (χ4v) is 1.62. The number of aliphatic hydroxyl groups is 1. The van der Waals surface area contributed by atoms with E-state index in [1.165, 1.54) is 19.3 Å². The lowest BCUT2D eigenvalue weighted by Crippen LogP contribution is -2.42. The van der Waals surface area contributed by atoms with Crippen LogP contribution in [0.15, 0.2) is 0 Å². The standard InChI is InChI=1S/C11H23NO/c1-4-10(9-6-7-9)12-8-11(3,13)5-2/h9-10,12-13H,4-8H2,1-3H3. The van der Waals surface area contributed by atoms with Gasteiger partial charge in [-0.3, -0.25) is 0 Å². The van der Waals surface area contributed by atoms with Gasteiger partial charge in [0.15, 0.2) is 0 Å². The van der Waals surface area contributed by atoms with E-state index < -0.39 is 5.60 Å². The van der Waals surface area contributed by atoms with Crippen molar-refractivity contribution in [3.05, 3.63) is 0 Å². The molecule has 0 aromatic rings. The van der Waals surface area contributed by atoms with Crippen molar-refractivity contribution < 1.29 is 5.11 Å². The van der Waals surface area contributed by atoms with E-state index >= 15 is 0 Å². The highest BCUT2D eigenvalue weighted by Crippen LogP contribution is 2.34. The van der Waals surface area contributed by atoms with Crippen molar-refractivity contribution in [3.8, 4) is 0 Å². The summed E-state index contributed by atoms with van der Waals surface area (Å²) < 4.78 is 0. The summed E-state index contributed by atoms with van der Waals surface area (Å²) in [6.07, 6.45) is 4.76. The summed E-state index contributed by atoms with van der Waals surface area (Å²) >= 11 is 0. The molecule has 1 rings (SSSR count). The molecular weight excluding hydrogens is 162 g/mol. The first-order valence-corrected chi connectivity index (χ1v) is 5.55. The smallest absolute Gasteiger partial charge is 0.0741 e. The first kappa shape index (κ1) is 11.0. The van der Waals surface area contributed by atoms with Crippen molar-refractivity contribution >= 4 is 0 Å². The molecule has 2 atom stereocenters. The third-order valence-corrected chi connectivity index (χ3v) is 3.14. The molecule has 0 amide bonds. The molecule has 0 aromatic heterocycles. The third-order valence-electron chi connectivity index (χ3n) is 3.14. The van der Waals surface area contributed by atoms with Gasteiger partial charge in [-0.1, -0.05) is 13.8 Å². The van der Waals surface area contributed by atoms with Crippen molar-refractivity contribution in [2.45, 2.75) is 58.1 Å². The molecule has 2 unspecified atom stereocenters. The maximum Gasteiger partial charge on any atom is 0.0741 e. The van der Waals surface area contributed by atoms with Crippen molar-refractivity contribution in [1.29, 1.82) is 0 Å². The Kier molecular flexibility index (Phi) is 3.74. The quantitative estimate of drug-likeness (QED) is 0.662. The summed E-state index contributed by atoms with van der Waals surface area (Å²) in [5.74, 6) is 0.887. The highest BCUT2D eigenvalue weighted by molar-refractivity contribution is 4.87. The number of nitrogens with one attached hydrogen (secondary N) is 1. The van der Waals surface area contributed by atoms with Crippen LogP contribution < -0.4 is 5.32 Å². The van der Waals surface area contributed by atoms with Gasteiger partial charge < -0.3 is 10.4 Å². The molecule has 0 spiro atoms. The van der Waals surface area contributed by atoms with Crippen molar-refractivity contribution in [1.82, 2.24) is 5.32 Å². The fourth-order valence-electron chi connectivity index (χ4n) is 1.62.